The van der Waals surface area contributed by atoms with Gasteiger partial charge in [0, 0.05) is 6.42 Å². The van der Waals surface area contributed by atoms with Crippen LogP contribution in [-0.4, -0.2) is 23.0 Å². The van der Waals surface area contributed by atoms with Crippen LogP contribution >= 0.6 is 0 Å². The summed E-state index contributed by atoms with van der Waals surface area (Å²) < 4.78 is 26.1. The van der Waals surface area contributed by atoms with Gasteiger partial charge in [-0.3, -0.25) is 4.79 Å². The number of carboxylic acid groups (broad SMARTS) is 1. The van der Waals surface area contributed by atoms with Gasteiger partial charge in [-0.25, -0.2) is 13.6 Å². The fraction of sp³-hybridized carbons (Fsp3) is 0.263. The summed E-state index contributed by atoms with van der Waals surface area (Å²) in [6, 6.07) is 7.64. The summed E-state index contributed by atoms with van der Waals surface area (Å²) in [5.74, 6) is -3.77. The lowest BCUT2D eigenvalue weighted by Gasteiger charge is -2.15. The SMILES string of the molecule is Cc1ccc(C[C@H](NC(=O)Cc2ccc(F)c(F)c2)C(=O)O)cc1C. The molecule has 2 aromatic carbocycles. The van der Waals surface area contributed by atoms with E-state index in [1.54, 1.807) is 0 Å². The van der Waals surface area contributed by atoms with Crippen LogP contribution in [0.25, 0.3) is 0 Å². The first-order chi connectivity index (χ1) is 11.8. The summed E-state index contributed by atoms with van der Waals surface area (Å²) in [5, 5.41) is 11.8. The highest BCUT2D eigenvalue weighted by Gasteiger charge is 2.21. The molecule has 0 bridgehead atoms. The van der Waals surface area contributed by atoms with E-state index in [-0.39, 0.29) is 18.4 Å². The Morgan fingerprint density at radius 3 is 2.28 bits per heavy atom. The van der Waals surface area contributed by atoms with Gasteiger partial charge in [-0.1, -0.05) is 24.3 Å². The Morgan fingerprint density at radius 2 is 1.68 bits per heavy atom. The summed E-state index contributed by atoms with van der Waals surface area (Å²) >= 11 is 0. The summed E-state index contributed by atoms with van der Waals surface area (Å²) in [6.45, 7) is 3.88. The van der Waals surface area contributed by atoms with Gasteiger partial charge in [-0.05, 0) is 48.2 Å². The third kappa shape index (κ3) is 5.11. The Labute approximate surface area is 144 Å². The van der Waals surface area contributed by atoms with Crippen LogP contribution in [0.5, 0.6) is 0 Å². The Morgan fingerprint density at radius 1 is 1.00 bits per heavy atom. The van der Waals surface area contributed by atoms with Crippen molar-refractivity contribution in [2.75, 3.05) is 0 Å². The van der Waals surface area contributed by atoms with Crippen molar-refractivity contribution in [3.05, 3.63) is 70.3 Å². The largest absolute Gasteiger partial charge is 0.480 e. The van der Waals surface area contributed by atoms with Crippen molar-refractivity contribution in [2.45, 2.75) is 32.7 Å². The number of amides is 1. The van der Waals surface area contributed by atoms with Crippen LogP contribution < -0.4 is 5.32 Å². The van der Waals surface area contributed by atoms with E-state index in [1.165, 1.54) is 6.07 Å². The van der Waals surface area contributed by atoms with Crippen LogP contribution in [0.2, 0.25) is 0 Å². The molecule has 0 unspecified atom stereocenters. The Bertz CT molecular complexity index is 805. The molecule has 1 atom stereocenters. The van der Waals surface area contributed by atoms with Crippen LogP contribution in [0.4, 0.5) is 8.78 Å². The van der Waals surface area contributed by atoms with E-state index in [0.29, 0.717) is 0 Å². The van der Waals surface area contributed by atoms with Crippen LogP contribution in [0.15, 0.2) is 36.4 Å². The topological polar surface area (TPSA) is 66.4 Å². The number of nitrogens with one attached hydrogen (secondary N) is 1. The van der Waals surface area contributed by atoms with Crippen molar-refractivity contribution >= 4 is 11.9 Å². The van der Waals surface area contributed by atoms with E-state index in [9.17, 15) is 23.5 Å². The standard InChI is InChI=1S/C19H19F2NO3/c1-11-3-4-13(7-12(11)2)9-17(19(24)25)22-18(23)10-14-5-6-15(20)16(21)8-14/h3-8,17H,9-10H2,1-2H3,(H,22,23)(H,24,25)/t17-/m0/s1. The first kappa shape index (κ1) is 18.6. The molecule has 0 spiro atoms. The second kappa shape index (κ2) is 7.88. The molecule has 0 aliphatic rings. The Kier molecular flexibility index (Phi) is 5.85. The quantitative estimate of drug-likeness (QED) is 0.844. The molecular formula is C19H19F2NO3. The Hall–Kier alpha value is -2.76. The van der Waals surface area contributed by atoms with E-state index >= 15 is 0 Å². The normalized spacial score (nSPS) is 11.8. The first-order valence-electron chi connectivity index (χ1n) is 7.78. The van der Waals surface area contributed by atoms with Gasteiger partial charge in [0.15, 0.2) is 11.6 Å². The van der Waals surface area contributed by atoms with Gasteiger partial charge >= 0.3 is 5.97 Å². The lowest BCUT2D eigenvalue weighted by atomic mass is 10.0. The molecular weight excluding hydrogens is 328 g/mol. The lowest BCUT2D eigenvalue weighted by molar-refractivity contribution is -0.141. The molecule has 0 aromatic heterocycles. The number of benzene rings is 2. The highest BCUT2D eigenvalue weighted by molar-refractivity contribution is 5.85. The van der Waals surface area contributed by atoms with Crippen molar-refractivity contribution in [1.82, 2.24) is 5.32 Å². The fourth-order valence-corrected chi connectivity index (χ4v) is 2.45. The summed E-state index contributed by atoms with van der Waals surface area (Å²) in [5.41, 5.74) is 3.20. The van der Waals surface area contributed by atoms with Gasteiger partial charge in [0.25, 0.3) is 0 Å². The number of halogens is 2. The maximum absolute atomic E-state index is 13.2. The third-order valence-electron chi connectivity index (χ3n) is 3.99. The van der Waals surface area contributed by atoms with Crippen molar-refractivity contribution in [3.63, 3.8) is 0 Å². The molecule has 0 radical (unpaired) electrons. The number of aryl methyl sites for hydroxylation is 2. The summed E-state index contributed by atoms with van der Waals surface area (Å²) in [7, 11) is 0. The van der Waals surface area contributed by atoms with Gasteiger partial charge in [0.1, 0.15) is 6.04 Å². The zero-order chi connectivity index (χ0) is 18.6. The van der Waals surface area contributed by atoms with Crippen molar-refractivity contribution in [2.24, 2.45) is 0 Å². The minimum Gasteiger partial charge on any atom is -0.480 e. The average molecular weight is 347 g/mol. The average Bonchev–Trinajstić information content (AvgIpc) is 2.53. The molecule has 2 aromatic rings. The first-order valence-corrected chi connectivity index (χ1v) is 7.78. The predicted molar refractivity (Wildman–Crippen MR) is 89.2 cm³/mol. The maximum atomic E-state index is 13.2. The number of carbonyl (C=O) groups is 2. The van der Waals surface area contributed by atoms with Crippen molar-refractivity contribution < 1.29 is 23.5 Å². The van der Waals surface area contributed by atoms with E-state index in [4.69, 9.17) is 0 Å². The van der Waals surface area contributed by atoms with E-state index < -0.39 is 29.6 Å². The number of carboxylic acids is 1. The molecule has 0 fully saturated rings. The molecule has 0 aliphatic heterocycles. The molecule has 2 N–H and O–H groups in total. The highest BCUT2D eigenvalue weighted by Crippen LogP contribution is 2.13. The molecule has 0 aliphatic carbocycles. The number of hydrogen-bond acceptors (Lipinski definition) is 2. The minimum absolute atomic E-state index is 0.139. The molecule has 0 heterocycles. The Balaban J connectivity index is 2.04. The van der Waals surface area contributed by atoms with Crippen molar-refractivity contribution in [3.8, 4) is 0 Å². The minimum atomic E-state index is -1.16. The molecule has 2 rings (SSSR count). The fourth-order valence-electron chi connectivity index (χ4n) is 2.45. The zero-order valence-electron chi connectivity index (χ0n) is 14.0. The molecule has 1 amide bonds. The van der Waals surface area contributed by atoms with E-state index in [2.05, 4.69) is 5.32 Å². The van der Waals surface area contributed by atoms with Gasteiger partial charge in [-0.2, -0.15) is 0 Å². The molecule has 132 valence electrons. The smallest absolute Gasteiger partial charge is 0.326 e. The van der Waals surface area contributed by atoms with Crippen LogP contribution in [0.3, 0.4) is 0 Å². The van der Waals surface area contributed by atoms with Gasteiger partial charge < -0.3 is 10.4 Å². The molecule has 25 heavy (non-hydrogen) atoms. The van der Waals surface area contributed by atoms with Crippen LogP contribution in [0, 0.1) is 25.5 Å². The lowest BCUT2D eigenvalue weighted by Crippen LogP contribution is -2.43. The third-order valence-corrected chi connectivity index (χ3v) is 3.99. The molecule has 4 nitrogen and oxygen atoms in total. The highest BCUT2D eigenvalue weighted by atomic mass is 19.2. The van der Waals surface area contributed by atoms with Gasteiger partial charge in [0.05, 0.1) is 6.42 Å². The molecule has 6 heteroatoms. The monoisotopic (exact) mass is 347 g/mol. The second-order valence-electron chi connectivity index (χ2n) is 6.01. The van der Waals surface area contributed by atoms with Crippen LogP contribution in [0.1, 0.15) is 22.3 Å². The second-order valence-corrected chi connectivity index (χ2v) is 6.01. The number of hydrogen-bond donors (Lipinski definition) is 2. The molecule has 0 saturated heterocycles. The van der Waals surface area contributed by atoms with E-state index in [1.807, 2.05) is 32.0 Å². The summed E-state index contributed by atoms with van der Waals surface area (Å²) in [6.07, 6.45) is -0.0894. The number of aliphatic carboxylic acids is 1. The number of carbonyl (C=O) groups excluding carboxylic acids is 1. The van der Waals surface area contributed by atoms with Crippen LogP contribution in [-0.2, 0) is 22.4 Å². The van der Waals surface area contributed by atoms with E-state index in [0.717, 1.165) is 28.8 Å². The maximum Gasteiger partial charge on any atom is 0.326 e. The van der Waals surface area contributed by atoms with Gasteiger partial charge in [0.2, 0.25) is 5.91 Å². The predicted octanol–water partition coefficient (Wildman–Crippen LogP) is 2.94. The zero-order valence-corrected chi connectivity index (χ0v) is 14.0. The number of rotatable bonds is 6. The van der Waals surface area contributed by atoms with Gasteiger partial charge in [-0.15, -0.1) is 0 Å². The summed E-state index contributed by atoms with van der Waals surface area (Å²) in [4.78, 5) is 23.5. The van der Waals surface area contributed by atoms with Crippen molar-refractivity contribution in [1.29, 1.82) is 0 Å². The molecule has 0 saturated carbocycles.